The molecule has 2 amide bonds. The van der Waals surface area contributed by atoms with Crippen molar-refractivity contribution < 1.29 is 40.3 Å². The average Bonchev–Trinajstić information content (AvgIpc) is 3.40. The Balaban J connectivity index is 1.33. The number of nitrogens with one attached hydrogen (secondary N) is 2. The van der Waals surface area contributed by atoms with Gasteiger partial charge in [0.05, 0.1) is 35.4 Å². The molecule has 1 aliphatic carbocycles. The third kappa shape index (κ3) is 6.67. The topological polar surface area (TPSA) is 166 Å². The molecular formula is C34H34ClF4N9O5S. The van der Waals surface area contributed by atoms with Crippen LogP contribution in [-0.4, -0.2) is 79.8 Å². The summed E-state index contributed by atoms with van der Waals surface area (Å²) in [4.78, 5) is 37.6. The van der Waals surface area contributed by atoms with Gasteiger partial charge in [0.2, 0.25) is 5.96 Å². The SMILES string of the molecule is CC(C)(C)C[C@]1(c2ccc(-c3cnn(S(C)(=O)=O)c3)cc2)NC2=NC(F)c3ncnn3-c3cc(ccc3Cl)[C@@H](COC(=O)NC3(C(F)(F)F)CC3)N2C1=O. The number of rotatable bonds is 7. The molecule has 54 heavy (non-hydrogen) atoms. The molecule has 0 spiro atoms. The predicted octanol–water partition coefficient (Wildman–Crippen LogP) is 5.56. The lowest BCUT2D eigenvalue weighted by atomic mass is 9.75. The molecule has 286 valence electrons. The number of halogens is 5. The van der Waals surface area contributed by atoms with E-state index in [1.807, 2.05) is 26.1 Å². The van der Waals surface area contributed by atoms with Gasteiger partial charge in [-0.25, -0.2) is 32.3 Å². The Morgan fingerprint density at radius 3 is 2.41 bits per heavy atom. The highest BCUT2D eigenvalue weighted by Crippen LogP contribution is 2.49. The van der Waals surface area contributed by atoms with E-state index in [9.17, 15) is 26.4 Å². The molecule has 1 unspecified atom stereocenters. The van der Waals surface area contributed by atoms with Crippen LogP contribution in [0.1, 0.15) is 69.3 Å². The fraction of sp³-hybridized carbons (Fsp3) is 0.412. The third-order valence-electron chi connectivity index (χ3n) is 9.47. The van der Waals surface area contributed by atoms with E-state index in [1.54, 1.807) is 30.3 Å². The van der Waals surface area contributed by atoms with E-state index in [4.69, 9.17) is 16.3 Å². The standard InChI is InChI=1S/C34H34ClF4N9O5S/c1-31(2,3)17-33(22-8-5-19(6-9-22)21-14-41-46(15-21)54(4,51)52)28(49)47-25(16-53-30(50)45-32(11-12-32)34(37,38)39)20-7-10-23(35)24(13-20)48-27(40-18-42-48)26(36)43-29(47)44-33/h5-10,13-15,18,25-26H,11-12,16-17H2,1-4H3,(H,43,44)(H,45,50)/t25-,26?,33-/m1/s1. The molecule has 2 fully saturated rings. The van der Waals surface area contributed by atoms with Gasteiger partial charge in [-0.05, 0) is 53.5 Å². The van der Waals surface area contributed by atoms with Crippen molar-refractivity contribution >= 4 is 39.6 Å². The molecule has 2 N–H and O–H groups in total. The number of guanidine groups is 1. The normalized spacial score (nSPS) is 22.1. The first-order chi connectivity index (χ1) is 25.2. The molecule has 1 saturated heterocycles. The second kappa shape index (κ2) is 12.8. The monoisotopic (exact) mass is 791 g/mol. The first kappa shape index (κ1) is 37.3. The molecule has 1 saturated carbocycles. The van der Waals surface area contributed by atoms with Gasteiger partial charge in [0.1, 0.15) is 24.0 Å². The highest BCUT2D eigenvalue weighted by molar-refractivity contribution is 7.89. The number of aliphatic imine (C=N–C) groups is 1. The molecule has 20 heteroatoms. The number of ether oxygens (including phenoxy) is 1. The number of benzene rings is 2. The van der Waals surface area contributed by atoms with Crippen LogP contribution >= 0.6 is 11.6 Å². The number of carbonyl (C=O) groups excluding carboxylic acids is 2. The van der Waals surface area contributed by atoms with E-state index in [0.29, 0.717) is 22.3 Å². The molecule has 3 aliphatic rings. The molecule has 0 radical (unpaired) electrons. The molecule has 4 aromatic rings. The molecule has 2 aliphatic heterocycles. The zero-order valence-corrected chi connectivity index (χ0v) is 30.8. The van der Waals surface area contributed by atoms with Crippen LogP contribution in [0.25, 0.3) is 16.8 Å². The van der Waals surface area contributed by atoms with Crippen LogP contribution in [0.2, 0.25) is 5.02 Å². The summed E-state index contributed by atoms with van der Waals surface area (Å²) >= 11 is 6.52. The summed E-state index contributed by atoms with van der Waals surface area (Å²) in [6, 6.07) is 9.95. The Morgan fingerprint density at radius 2 is 1.80 bits per heavy atom. The molecular weight excluding hydrogens is 758 g/mol. The van der Waals surface area contributed by atoms with Crippen LogP contribution < -0.4 is 10.6 Å². The number of alkyl halides is 4. The van der Waals surface area contributed by atoms with Crippen molar-refractivity contribution in [3.63, 3.8) is 0 Å². The second-order valence-corrected chi connectivity index (χ2v) is 17.0. The van der Waals surface area contributed by atoms with Crippen molar-refractivity contribution in [3.05, 3.63) is 83.2 Å². The number of fused-ring (bicyclic) bond motifs is 5. The Bertz CT molecular complexity index is 2280. The summed E-state index contributed by atoms with van der Waals surface area (Å²) in [5.74, 6) is -1.13. The summed E-state index contributed by atoms with van der Waals surface area (Å²) in [6.07, 6.45) is -3.90. The van der Waals surface area contributed by atoms with Gasteiger partial charge in [-0.15, -0.1) is 0 Å². The largest absolute Gasteiger partial charge is 0.447 e. The maximum absolute atomic E-state index is 16.3. The third-order valence-corrected chi connectivity index (χ3v) is 10.7. The number of nitrogens with zero attached hydrogens (tertiary/aromatic N) is 7. The fourth-order valence-electron chi connectivity index (χ4n) is 6.76. The first-order valence-electron chi connectivity index (χ1n) is 16.6. The fourth-order valence-corrected chi connectivity index (χ4v) is 7.48. The Morgan fingerprint density at radius 1 is 1.09 bits per heavy atom. The van der Waals surface area contributed by atoms with Gasteiger partial charge < -0.3 is 15.4 Å². The molecule has 4 heterocycles. The van der Waals surface area contributed by atoms with E-state index in [1.165, 1.54) is 24.5 Å². The van der Waals surface area contributed by atoms with Gasteiger partial charge >= 0.3 is 12.3 Å². The number of alkyl carbamates (subject to hydrolysis) is 1. The molecule has 2 bridgehead atoms. The summed E-state index contributed by atoms with van der Waals surface area (Å²) in [6.45, 7) is 5.03. The minimum Gasteiger partial charge on any atom is -0.447 e. The van der Waals surface area contributed by atoms with Gasteiger partial charge in [-0.1, -0.05) is 62.7 Å². The summed E-state index contributed by atoms with van der Waals surface area (Å²) < 4.78 is 88.8. The number of hydrogen-bond acceptors (Lipinski definition) is 10. The molecule has 2 aromatic carbocycles. The minimum absolute atomic E-state index is 0.126. The Labute approximate surface area is 311 Å². The zero-order chi connectivity index (χ0) is 39.0. The molecule has 7 rings (SSSR count). The summed E-state index contributed by atoms with van der Waals surface area (Å²) in [7, 11) is -3.64. The van der Waals surface area contributed by atoms with E-state index in [0.717, 1.165) is 26.3 Å². The Kier molecular flexibility index (Phi) is 8.83. The van der Waals surface area contributed by atoms with Crippen molar-refractivity contribution in [3.8, 4) is 16.8 Å². The highest BCUT2D eigenvalue weighted by Gasteiger charge is 2.65. The minimum atomic E-state index is -4.70. The summed E-state index contributed by atoms with van der Waals surface area (Å²) in [5, 5.41) is 13.3. The number of aromatic nitrogens is 5. The van der Waals surface area contributed by atoms with Crippen LogP contribution in [0, 0.1) is 5.41 Å². The average molecular weight is 792 g/mol. The van der Waals surface area contributed by atoms with Crippen LogP contribution in [0.3, 0.4) is 0 Å². The second-order valence-electron chi connectivity index (χ2n) is 14.7. The van der Waals surface area contributed by atoms with Crippen LogP contribution in [0.5, 0.6) is 0 Å². The van der Waals surface area contributed by atoms with Gasteiger partial charge in [0.25, 0.3) is 22.2 Å². The van der Waals surface area contributed by atoms with Crippen LogP contribution in [0.15, 0.2) is 66.2 Å². The van der Waals surface area contributed by atoms with E-state index in [2.05, 4.69) is 25.5 Å². The van der Waals surface area contributed by atoms with Crippen molar-refractivity contribution in [1.82, 2.24) is 39.5 Å². The quantitative estimate of drug-likeness (QED) is 0.180. The van der Waals surface area contributed by atoms with Crippen LogP contribution in [0.4, 0.5) is 22.4 Å². The van der Waals surface area contributed by atoms with E-state index in [-0.39, 0.29) is 41.8 Å². The lowest BCUT2D eigenvalue weighted by molar-refractivity contribution is -0.164. The van der Waals surface area contributed by atoms with Gasteiger partial charge in [0.15, 0.2) is 5.82 Å². The van der Waals surface area contributed by atoms with Crippen molar-refractivity contribution in [2.75, 3.05) is 12.9 Å². The van der Waals surface area contributed by atoms with Gasteiger partial charge in [-0.3, -0.25) is 9.69 Å². The highest BCUT2D eigenvalue weighted by atomic mass is 35.5. The Hall–Kier alpha value is -5.04. The van der Waals surface area contributed by atoms with Crippen molar-refractivity contribution in [2.45, 2.75) is 69.6 Å². The van der Waals surface area contributed by atoms with E-state index < -0.39 is 63.6 Å². The smallest absolute Gasteiger partial charge is 0.411 e. The number of carbonyl (C=O) groups is 2. The van der Waals surface area contributed by atoms with Crippen molar-refractivity contribution in [2.24, 2.45) is 10.4 Å². The van der Waals surface area contributed by atoms with Crippen LogP contribution in [-0.2, 0) is 25.1 Å². The van der Waals surface area contributed by atoms with E-state index >= 15 is 9.18 Å². The molecule has 3 atom stereocenters. The number of hydrogen-bond donors (Lipinski definition) is 2. The predicted molar refractivity (Wildman–Crippen MR) is 187 cm³/mol. The lowest BCUT2D eigenvalue weighted by Gasteiger charge is -2.35. The maximum atomic E-state index is 16.3. The zero-order valence-electron chi connectivity index (χ0n) is 29.2. The molecule has 14 nitrogen and oxygen atoms in total. The van der Waals surface area contributed by atoms with Gasteiger partial charge in [0, 0.05) is 5.56 Å². The lowest BCUT2D eigenvalue weighted by Crippen LogP contribution is -2.49. The number of amides is 2. The van der Waals surface area contributed by atoms with Crippen molar-refractivity contribution in [1.29, 1.82) is 0 Å². The first-order valence-corrected chi connectivity index (χ1v) is 18.9. The molecule has 2 aromatic heterocycles. The van der Waals surface area contributed by atoms with Gasteiger partial charge in [-0.2, -0.15) is 27.5 Å². The summed E-state index contributed by atoms with van der Waals surface area (Å²) in [5.41, 5.74) is -2.60. The maximum Gasteiger partial charge on any atom is 0.411 e.